The molecule has 78 valence electrons. The molecule has 0 saturated carbocycles. The standard InChI is InChI=1S/C12H11FO2/c1-7(14)5-9-3-4-11(13)10-6-8(2)15-12(9)10/h3-4,6H,5H2,1-2H3. The molecule has 15 heavy (non-hydrogen) atoms. The van der Waals surface area contributed by atoms with Gasteiger partial charge in [0.2, 0.25) is 0 Å². The summed E-state index contributed by atoms with van der Waals surface area (Å²) in [6.07, 6.45) is 0.281. The topological polar surface area (TPSA) is 30.2 Å². The molecule has 0 saturated heterocycles. The van der Waals surface area contributed by atoms with Crippen molar-refractivity contribution in [3.8, 4) is 0 Å². The summed E-state index contributed by atoms with van der Waals surface area (Å²) in [7, 11) is 0. The Bertz CT molecular complexity index is 526. The second kappa shape index (κ2) is 3.50. The number of ketones is 1. The number of rotatable bonds is 2. The molecule has 0 aliphatic rings. The molecule has 2 rings (SSSR count). The van der Waals surface area contributed by atoms with Crippen molar-refractivity contribution < 1.29 is 13.6 Å². The maximum absolute atomic E-state index is 13.4. The number of aryl methyl sites for hydroxylation is 1. The Balaban J connectivity index is 2.65. The van der Waals surface area contributed by atoms with Gasteiger partial charge in [-0.25, -0.2) is 4.39 Å². The lowest BCUT2D eigenvalue weighted by atomic mass is 10.1. The molecule has 1 aromatic carbocycles. The van der Waals surface area contributed by atoms with E-state index in [1.807, 2.05) is 0 Å². The number of Topliss-reactive ketones (excluding diaryl/α,β-unsaturated/α-hetero) is 1. The summed E-state index contributed by atoms with van der Waals surface area (Å²) >= 11 is 0. The van der Waals surface area contributed by atoms with Crippen LogP contribution in [0.1, 0.15) is 18.2 Å². The molecule has 0 bridgehead atoms. The van der Waals surface area contributed by atoms with Crippen molar-refractivity contribution >= 4 is 16.8 Å². The molecule has 2 nitrogen and oxygen atoms in total. The van der Waals surface area contributed by atoms with Gasteiger partial charge in [-0.05, 0) is 26.0 Å². The Hall–Kier alpha value is -1.64. The van der Waals surface area contributed by atoms with E-state index in [0.29, 0.717) is 16.7 Å². The largest absolute Gasteiger partial charge is 0.461 e. The van der Waals surface area contributed by atoms with Crippen LogP contribution in [0.25, 0.3) is 11.0 Å². The summed E-state index contributed by atoms with van der Waals surface area (Å²) in [6, 6.07) is 4.62. The van der Waals surface area contributed by atoms with Crippen molar-refractivity contribution in [3.05, 3.63) is 35.3 Å². The Morgan fingerprint density at radius 3 is 2.87 bits per heavy atom. The van der Waals surface area contributed by atoms with Crippen LogP contribution >= 0.6 is 0 Å². The summed E-state index contributed by atoms with van der Waals surface area (Å²) in [5.74, 6) is 0.381. The van der Waals surface area contributed by atoms with Crippen LogP contribution in [-0.4, -0.2) is 5.78 Å². The zero-order chi connectivity index (χ0) is 11.0. The average molecular weight is 206 g/mol. The fourth-order valence-electron chi connectivity index (χ4n) is 1.68. The fraction of sp³-hybridized carbons (Fsp3) is 0.250. The van der Waals surface area contributed by atoms with Crippen LogP contribution in [0.2, 0.25) is 0 Å². The monoisotopic (exact) mass is 206 g/mol. The number of carbonyl (C=O) groups excluding carboxylic acids is 1. The van der Waals surface area contributed by atoms with E-state index in [9.17, 15) is 9.18 Å². The number of halogens is 1. The van der Waals surface area contributed by atoms with Crippen LogP contribution in [0.5, 0.6) is 0 Å². The second-order valence-corrected chi connectivity index (χ2v) is 3.69. The molecule has 2 aromatic rings. The van der Waals surface area contributed by atoms with E-state index in [1.54, 1.807) is 19.1 Å². The van der Waals surface area contributed by atoms with E-state index in [0.717, 1.165) is 5.56 Å². The molecular weight excluding hydrogens is 195 g/mol. The average Bonchev–Trinajstić information content (AvgIpc) is 2.52. The molecule has 0 fully saturated rings. The molecule has 1 aromatic heterocycles. The first-order valence-corrected chi connectivity index (χ1v) is 4.75. The van der Waals surface area contributed by atoms with Crippen LogP contribution in [0.15, 0.2) is 22.6 Å². The van der Waals surface area contributed by atoms with E-state index in [2.05, 4.69) is 0 Å². The minimum absolute atomic E-state index is 0.0389. The minimum Gasteiger partial charge on any atom is -0.461 e. The molecule has 0 atom stereocenters. The van der Waals surface area contributed by atoms with Crippen molar-refractivity contribution in [3.63, 3.8) is 0 Å². The molecule has 1 heterocycles. The number of hydrogen-bond donors (Lipinski definition) is 0. The first kappa shape index (κ1) is 9.90. The Labute approximate surface area is 86.7 Å². The lowest BCUT2D eigenvalue weighted by Crippen LogP contribution is -1.96. The van der Waals surface area contributed by atoms with Gasteiger partial charge in [0.05, 0.1) is 5.39 Å². The van der Waals surface area contributed by atoms with Crippen LogP contribution in [0.4, 0.5) is 4.39 Å². The Morgan fingerprint density at radius 1 is 1.47 bits per heavy atom. The van der Waals surface area contributed by atoms with E-state index < -0.39 is 0 Å². The molecule has 0 aliphatic carbocycles. The summed E-state index contributed by atoms with van der Waals surface area (Å²) < 4.78 is 18.8. The number of hydrogen-bond acceptors (Lipinski definition) is 2. The third-order valence-electron chi connectivity index (χ3n) is 2.27. The first-order chi connectivity index (χ1) is 7.08. The van der Waals surface area contributed by atoms with Gasteiger partial charge in [0.25, 0.3) is 0 Å². The van der Waals surface area contributed by atoms with Crippen molar-refractivity contribution in [1.82, 2.24) is 0 Å². The SMILES string of the molecule is CC(=O)Cc1ccc(F)c2cc(C)oc12. The highest BCUT2D eigenvalue weighted by Gasteiger charge is 2.11. The molecule has 0 spiro atoms. The molecule has 0 aliphatic heterocycles. The molecule has 0 N–H and O–H groups in total. The van der Waals surface area contributed by atoms with Gasteiger partial charge in [-0.2, -0.15) is 0 Å². The predicted molar refractivity (Wildman–Crippen MR) is 55.3 cm³/mol. The maximum Gasteiger partial charge on any atom is 0.140 e. The highest BCUT2D eigenvalue weighted by atomic mass is 19.1. The molecule has 0 amide bonds. The van der Waals surface area contributed by atoms with E-state index in [-0.39, 0.29) is 18.0 Å². The number of benzene rings is 1. The smallest absolute Gasteiger partial charge is 0.140 e. The summed E-state index contributed by atoms with van der Waals surface area (Å²) in [4.78, 5) is 11.0. The lowest BCUT2D eigenvalue weighted by molar-refractivity contribution is -0.116. The molecular formula is C12H11FO2. The number of fused-ring (bicyclic) bond motifs is 1. The molecule has 0 unspecified atom stereocenters. The van der Waals surface area contributed by atoms with Crippen LogP contribution in [0.3, 0.4) is 0 Å². The normalized spacial score (nSPS) is 10.9. The first-order valence-electron chi connectivity index (χ1n) is 4.75. The third-order valence-corrected chi connectivity index (χ3v) is 2.27. The second-order valence-electron chi connectivity index (χ2n) is 3.69. The fourth-order valence-corrected chi connectivity index (χ4v) is 1.68. The molecule has 0 radical (unpaired) electrons. The van der Waals surface area contributed by atoms with Gasteiger partial charge < -0.3 is 4.42 Å². The van der Waals surface area contributed by atoms with Gasteiger partial charge in [0.15, 0.2) is 0 Å². The van der Waals surface area contributed by atoms with E-state index >= 15 is 0 Å². The van der Waals surface area contributed by atoms with Gasteiger partial charge in [-0.3, -0.25) is 4.79 Å². The summed E-state index contributed by atoms with van der Waals surface area (Å²) in [5.41, 5.74) is 1.23. The minimum atomic E-state index is -0.311. The number of furan rings is 1. The van der Waals surface area contributed by atoms with E-state index in [1.165, 1.54) is 13.0 Å². The zero-order valence-corrected chi connectivity index (χ0v) is 8.63. The quantitative estimate of drug-likeness (QED) is 0.756. The highest BCUT2D eigenvalue weighted by molar-refractivity contribution is 5.87. The van der Waals surface area contributed by atoms with Gasteiger partial charge in [-0.1, -0.05) is 6.07 Å². The Morgan fingerprint density at radius 2 is 2.20 bits per heavy atom. The summed E-state index contributed by atoms with van der Waals surface area (Å²) in [5, 5.41) is 0.450. The maximum atomic E-state index is 13.4. The molecule has 3 heteroatoms. The predicted octanol–water partition coefficient (Wildman–Crippen LogP) is 3.01. The summed E-state index contributed by atoms with van der Waals surface area (Å²) in [6.45, 7) is 3.27. The van der Waals surface area contributed by atoms with Gasteiger partial charge in [-0.15, -0.1) is 0 Å². The van der Waals surface area contributed by atoms with E-state index in [4.69, 9.17) is 4.42 Å². The van der Waals surface area contributed by atoms with Crippen molar-refractivity contribution in [2.24, 2.45) is 0 Å². The highest BCUT2D eigenvalue weighted by Crippen LogP contribution is 2.25. The number of carbonyl (C=O) groups is 1. The lowest BCUT2D eigenvalue weighted by Gasteiger charge is -1.99. The van der Waals surface area contributed by atoms with Crippen LogP contribution in [0, 0.1) is 12.7 Å². The van der Waals surface area contributed by atoms with Crippen molar-refractivity contribution in [2.75, 3.05) is 0 Å². The van der Waals surface area contributed by atoms with Gasteiger partial charge >= 0.3 is 0 Å². The van der Waals surface area contributed by atoms with Crippen LogP contribution in [-0.2, 0) is 11.2 Å². The van der Waals surface area contributed by atoms with Crippen molar-refractivity contribution in [1.29, 1.82) is 0 Å². The van der Waals surface area contributed by atoms with Gasteiger partial charge in [0, 0.05) is 12.0 Å². The van der Waals surface area contributed by atoms with Crippen LogP contribution < -0.4 is 0 Å². The third kappa shape index (κ3) is 1.77. The van der Waals surface area contributed by atoms with Gasteiger partial charge in [0.1, 0.15) is 22.9 Å². The van der Waals surface area contributed by atoms with Crippen molar-refractivity contribution in [2.45, 2.75) is 20.3 Å². The Kier molecular flexibility index (Phi) is 2.31. The zero-order valence-electron chi connectivity index (χ0n) is 8.63.